The maximum atomic E-state index is 6.89. The largest absolute Gasteiger partial charge is 0.458 e. The fourth-order valence-electron chi connectivity index (χ4n) is 8.07. The van der Waals surface area contributed by atoms with Gasteiger partial charge in [0.25, 0.3) is 6.71 Å². The van der Waals surface area contributed by atoms with E-state index in [0.29, 0.717) is 0 Å². The van der Waals surface area contributed by atoms with Crippen molar-refractivity contribution in [3.05, 3.63) is 170 Å². The number of fused-ring (bicyclic) bond motifs is 9. The Bertz CT molecular complexity index is 2770. The normalized spacial score (nSPS) is 12.6. The molecule has 0 atom stereocenters. The molecule has 9 aromatic rings. The summed E-state index contributed by atoms with van der Waals surface area (Å²) < 4.78 is 20.4. The Morgan fingerprint density at radius 1 is 0.392 bits per heavy atom. The highest BCUT2D eigenvalue weighted by Crippen LogP contribution is 2.43. The standard InChI is InChI=1S/C46H28BNO3/c1-4-12-29(13-5-1)31-24-43-46-44(25-31)51-42-27-37-36-22-21-34(48(32-15-6-2-7-16-32)33-17-8-3-9-18-33)26-40(36)50-41(37)28-38(42)47(46)45-35-19-11-10-14-30(35)20-23-39(45)49-43/h1-28H. The molecule has 8 aromatic carbocycles. The Kier molecular flexibility index (Phi) is 6.01. The molecule has 0 spiro atoms. The van der Waals surface area contributed by atoms with E-state index in [0.717, 1.165) is 89.5 Å². The van der Waals surface area contributed by atoms with Crippen molar-refractivity contribution in [2.75, 3.05) is 4.90 Å². The molecule has 0 saturated carbocycles. The molecule has 4 nitrogen and oxygen atoms in total. The first kappa shape index (κ1) is 28.2. The second-order valence-electron chi connectivity index (χ2n) is 13.3. The molecule has 11 rings (SSSR count). The van der Waals surface area contributed by atoms with Gasteiger partial charge in [-0.05, 0) is 99.6 Å². The SMILES string of the molecule is c1ccc(-c2cc3c4c(c2)Oc2ccc5ccccc5c2B4c2cc4oc5cc(N(c6ccccc6)c6ccccc6)ccc5c4cc2O3)cc1. The maximum Gasteiger partial charge on any atom is 0.261 e. The number of benzene rings is 8. The highest BCUT2D eigenvalue weighted by atomic mass is 16.5. The van der Waals surface area contributed by atoms with Gasteiger partial charge in [-0.3, -0.25) is 0 Å². The van der Waals surface area contributed by atoms with Gasteiger partial charge in [-0.25, -0.2) is 0 Å². The van der Waals surface area contributed by atoms with Crippen LogP contribution in [0.4, 0.5) is 17.1 Å². The number of para-hydroxylation sites is 2. The Hall–Kier alpha value is -6.72. The summed E-state index contributed by atoms with van der Waals surface area (Å²) in [6, 6.07) is 59.3. The van der Waals surface area contributed by atoms with E-state index in [1.54, 1.807) is 0 Å². The fourth-order valence-corrected chi connectivity index (χ4v) is 8.07. The van der Waals surface area contributed by atoms with Crippen molar-refractivity contribution in [3.8, 4) is 34.1 Å². The van der Waals surface area contributed by atoms with Crippen LogP contribution in [0.3, 0.4) is 0 Å². The maximum absolute atomic E-state index is 6.89. The Morgan fingerprint density at radius 3 is 1.78 bits per heavy atom. The highest BCUT2D eigenvalue weighted by Gasteiger charge is 2.42. The zero-order valence-corrected chi connectivity index (χ0v) is 27.4. The molecule has 0 aliphatic carbocycles. The van der Waals surface area contributed by atoms with E-state index >= 15 is 0 Å². The molecule has 2 aliphatic rings. The van der Waals surface area contributed by atoms with E-state index in [9.17, 15) is 0 Å². The number of furan rings is 1. The molecule has 0 amide bonds. The van der Waals surface area contributed by atoms with Gasteiger partial charge in [0.2, 0.25) is 0 Å². The van der Waals surface area contributed by atoms with Crippen LogP contribution in [0.2, 0.25) is 0 Å². The van der Waals surface area contributed by atoms with Gasteiger partial charge < -0.3 is 18.8 Å². The summed E-state index contributed by atoms with van der Waals surface area (Å²) in [5.74, 6) is 3.34. The monoisotopic (exact) mass is 653 g/mol. The number of ether oxygens (including phenoxy) is 2. The lowest BCUT2D eigenvalue weighted by molar-refractivity contribution is 0.465. The fraction of sp³-hybridized carbons (Fsp3) is 0. The first-order valence-corrected chi connectivity index (χ1v) is 17.3. The van der Waals surface area contributed by atoms with Crippen LogP contribution in [0, 0.1) is 0 Å². The lowest BCUT2D eigenvalue weighted by Crippen LogP contribution is -2.57. The predicted octanol–water partition coefficient (Wildman–Crippen LogP) is 10.6. The van der Waals surface area contributed by atoms with Crippen molar-refractivity contribution in [3.63, 3.8) is 0 Å². The minimum Gasteiger partial charge on any atom is -0.458 e. The number of hydrogen-bond acceptors (Lipinski definition) is 4. The van der Waals surface area contributed by atoms with Crippen LogP contribution in [0.25, 0.3) is 43.8 Å². The second kappa shape index (κ2) is 10.9. The molecule has 238 valence electrons. The van der Waals surface area contributed by atoms with Crippen LogP contribution in [0.5, 0.6) is 23.0 Å². The Labute approximate surface area is 294 Å². The molecule has 1 aromatic heterocycles. The number of rotatable bonds is 4. The summed E-state index contributed by atoms with van der Waals surface area (Å²) in [5.41, 5.74) is 10.3. The lowest BCUT2D eigenvalue weighted by Gasteiger charge is -2.34. The van der Waals surface area contributed by atoms with Gasteiger partial charge in [0.05, 0.1) is 0 Å². The van der Waals surface area contributed by atoms with Gasteiger partial charge >= 0.3 is 0 Å². The quantitative estimate of drug-likeness (QED) is 0.177. The smallest absolute Gasteiger partial charge is 0.261 e. The first-order valence-electron chi connectivity index (χ1n) is 17.3. The minimum absolute atomic E-state index is 0.0988. The van der Waals surface area contributed by atoms with E-state index < -0.39 is 0 Å². The summed E-state index contributed by atoms with van der Waals surface area (Å²) in [6.45, 7) is -0.0988. The lowest BCUT2D eigenvalue weighted by atomic mass is 9.34. The Morgan fingerprint density at radius 2 is 1.04 bits per heavy atom. The van der Waals surface area contributed by atoms with Gasteiger partial charge in [0, 0.05) is 39.4 Å². The third kappa shape index (κ3) is 4.35. The van der Waals surface area contributed by atoms with Crippen LogP contribution in [-0.2, 0) is 0 Å². The Balaban J connectivity index is 1.12. The van der Waals surface area contributed by atoms with Crippen molar-refractivity contribution >= 4 is 72.9 Å². The van der Waals surface area contributed by atoms with Gasteiger partial charge in [-0.15, -0.1) is 0 Å². The molecular weight excluding hydrogens is 625 g/mol. The molecule has 0 N–H and O–H groups in total. The molecular formula is C46H28BNO3. The van der Waals surface area contributed by atoms with Gasteiger partial charge in [-0.2, -0.15) is 0 Å². The van der Waals surface area contributed by atoms with E-state index in [-0.39, 0.29) is 6.71 Å². The first-order chi connectivity index (χ1) is 25.3. The minimum atomic E-state index is -0.0988. The summed E-state index contributed by atoms with van der Waals surface area (Å²) in [5, 5.41) is 4.42. The molecule has 5 heteroatoms. The van der Waals surface area contributed by atoms with Crippen LogP contribution >= 0.6 is 0 Å². The summed E-state index contributed by atoms with van der Waals surface area (Å²) in [7, 11) is 0. The van der Waals surface area contributed by atoms with E-state index in [4.69, 9.17) is 13.9 Å². The number of anilines is 3. The summed E-state index contributed by atoms with van der Waals surface area (Å²) in [4.78, 5) is 2.26. The van der Waals surface area contributed by atoms with Crippen LogP contribution in [-0.4, -0.2) is 6.71 Å². The van der Waals surface area contributed by atoms with Crippen LogP contribution < -0.4 is 30.8 Å². The molecule has 3 heterocycles. The molecule has 0 unspecified atom stereocenters. The summed E-state index contributed by atoms with van der Waals surface area (Å²) >= 11 is 0. The molecule has 0 saturated heterocycles. The molecule has 0 fully saturated rings. The van der Waals surface area contributed by atoms with Crippen LogP contribution in [0.15, 0.2) is 174 Å². The van der Waals surface area contributed by atoms with Crippen molar-refractivity contribution in [1.82, 2.24) is 0 Å². The van der Waals surface area contributed by atoms with Gasteiger partial charge in [0.1, 0.15) is 34.2 Å². The van der Waals surface area contributed by atoms with Crippen molar-refractivity contribution in [2.45, 2.75) is 0 Å². The van der Waals surface area contributed by atoms with Gasteiger partial charge in [-0.1, -0.05) is 97.1 Å². The predicted molar refractivity (Wildman–Crippen MR) is 209 cm³/mol. The topological polar surface area (TPSA) is 34.8 Å². The van der Waals surface area contributed by atoms with E-state index in [2.05, 4.69) is 157 Å². The van der Waals surface area contributed by atoms with Gasteiger partial charge in [0.15, 0.2) is 0 Å². The molecule has 51 heavy (non-hydrogen) atoms. The zero-order chi connectivity index (χ0) is 33.5. The summed E-state index contributed by atoms with van der Waals surface area (Å²) in [6.07, 6.45) is 0. The molecule has 0 bridgehead atoms. The zero-order valence-electron chi connectivity index (χ0n) is 27.4. The number of hydrogen-bond donors (Lipinski definition) is 0. The van der Waals surface area contributed by atoms with Crippen molar-refractivity contribution in [1.29, 1.82) is 0 Å². The van der Waals surface area contributed by atoms with Crippen molar-refractivity contribution in [2.24, 2.45) is 0 Å². The third-order valence-electron chi connectivity index (χ3n) is 10.3. The second-order valence-corrected chi connectivity index (χ2v) is 13.3. The average molecular weight is 654 g/mol. The third-order valence-corrected chi connectivity index (χ3v) is 10.3. The molecule has 0 radical (unpaired) electrons. The van der Waals surface area contributed by atoms with Crippen molar-refractivity contribution < 1.29 is 13.9 Å². The van der Waals surface area contributed by atoms with E-state index in [1.807, 2.05) is 18.2 Å². The highest BCUT2D eigenvalue weighted by molar-refractivity contribution is 6.99. The average Bonchev–Trinajstić information content (AvgIpc) is 3.54. The number of nitrogens with zero attached hydrogens (tertiary/aromatic N) is 1. The van der Waals surface area contributed by atoms with Crippen LogP contribution in [0.1, 0.15) is 0 Å². The molecule has 2 aliphatic heterocycles. The van der Waals surface area contributed by atoms with E-state index in [1.165, 1.54) is 10.8 Å².